The summed E-state index contributed by atoms with van der Waals surface area (Å²) in [6.45, 7) is 1.44. The number of para-hydroxylation sites is 1. The smallest absolute Gasteiger partial charge is 0.224 e. The molecule has 3 rings (SSSR count). The highest BCUT2D eigenvalue weighted by Crippen LogP contribution is 2.23. The van der Waals surface area contributed by atoms with Crippen molar-refractivity contribution >= 4 is 23.4 Å². The van der Waals surface area contributed by atoms with Crippen LogP contribution in [0.5, 0.6) is 5.75 Å². The second-order valence-electron chi connectivity index (χ2n) is 7.06. The van der Waals surface area contributed by atoms with Crippen LogP contribution in [0.25, 0.3) is 0 Å². The van der Waals surface area contributed by atoms with Crippen molar-refractivity contribution in [2.45, 2.75) is 37.8 Å². The van der Waals surface area contributed by atoms with Gasteiger partial charge in [0.1, 0.15) is 18.2 Å². The maximum atomic E-state index is 6.10. The van der Waals surface area contributed by atoms with Gasteiger partial charge >= 0.3 is 0 Å². The van der Waals surface area contributed by atoms with E-state index in [2.05, 4.69) is 20.6 Å². The molecule has 1 fully saturated rings. The van der Waals surface area contributed by atoms with Crippen molar-refractivity contribution in [3.05, 3.63) is 41.6 Å². The molecule has 146 valence electrons. The van der Waals surface area contributed by atoms with Crippen LogP contribution in [0.2, 0.25) is 5.02 Å². The molecule has 1 aromatic heterocycles. The molecule has 0 aliphatic heterocycles. The van der Waals surface area contributed by atoms with Crippen LogP contribution < -0.4 is 20.3 Å². The minimum Gasteiger partial charge on any atom is -0.491 e. The zero-order valence-electron chi connectivity index (χ0n) is 16.0. The standard InChI is InChI=1S/C20H28ClN5O/c1-26(2)19-11-12-23-20(25-19)24-16-9-7-15(8-10-16)22-13-14-27-18-6-4-3-5-17(18)21/h3-6,11-12,15-16,22H,7-10,13-14H2,1-2H3,(H,23,24,25)/t15-,16+. The third-order valence-corrected chi connectivity index (χ3v) is 5.10. The molecule has 0 radical (unpaired) electrons. The summed E-state index contributed by atoms with van der Waals surface area (Å²) in [5, 5.41) is 7.72. The number of rotatable bonds is 8. The molecular formula is C20H28ClN5O. The van der Waals surface area contributed by atoms with Crippen LogP contribution in [0.15, 0.2) is 36.5 Å². The van der Waals surface area contributed by atoms with Crippen LogP contribution in [0.1, 0.15) is 25.7 Å². The van der Waals surface area contributed by atoms with Gasteiger partial charge in [0, 0.05) is 38.9 Å². The van der Waals surface area contributed by atoms with E-state index < -0.39 is 0 Å². The van der Waals surface area contributed by atoms with Gasteiger partial charge in [0.05, 0.1) is 5.02 Å². The van der Waals surface area contributed by atoms with Crippen molar-refractivity contribution in [2.24, 2.45) is 0 Å². The number of nitrogens with one attached hydrogen (secondary N) is 2. The van der Waals surface area contributed by atoms with E-state index in [1.165, 1.54) is 0 Å². The van der Waals surface area contributed by atoms with Crippen molar-refractivity contribution in [3.8, 4) is 5.75 Å². The molecule has 1 heterocycles. The SMILES string of the molecule is CN(C)c1ccnc(N[C@H]2CC[C@@H](NCCOc3ccccc3Cl)CC2)n1. The van der Waals surface area contributed by atoms with E-state index in [4.69, 9.17) is 16.3 Å². The maximum Gasteiger partial charge on any atom is 0.224 e. The van der Waals surface area contributed by atoms with E-state index in [1.807, 2.05) is 49.3 Å². The number of aromatic nitrogens is 2. The van der Waals surface area contributed by atoms with Gasteiger partial charge in [-0.15, -0.1) is 0 Å². The first-order valence-corrected chi connectivity index (χ1v) is 9.87. The zero-order chi connectivity index (χ0) is 19.1. The number of halogens is 1. The van der Waals surface area contributed by atoms with Crippen LogP contribution in [-0.2, 0) is 0 Å². The van der Waals surface area contributed by atoms with Crippen molar-refractivity contribution in [1.82, 2.24) is 15.3 Å². The Bertz CT molecular complexity index is 719. The van der Waals surface area contributed by atoms with E-state index in [0.717, 1.165) is 43.8 Å². The molecule has 1 aliphatic rings. The number of ether oxygens (including phenoxy) is 1. The van der Waals surface area contributed by atoms with Crippen LogP contribution in [-0.4, -0.2) is 49.3 Å². The van der Waals surface area contributed by atoms with Crippen LogP contribution in [0, 0.1) is 0 Å². The first-order chi connectivity index (χ1) is 13.1. The highest BCUT2D eigenvalue weighted by atomic mass is 35.5. The fourth-order valence-corrected chi connectivity index (χ4v) is 3.47. The van der Waals surface area contributed by atoms with E-state index in [9.17, 15) is 0 Å². The van der Waals surface area contributed by atoms with E-state index in [-0.39, 0.29) is 0 Å². The average Bonchev–Trinajstić information content (AvgIpc) is 2.68. The van der Waals surface area contributed by atoms with E-state index in [0.29, 0.717) is 29.7 Å². The van der Waals surface area contributed by atoms with Crippen molar-refractivity contribution in [3.63, 3.8) is 0 Å². The molecular weight excluding hydrogens is 362 g/mol. The lowest BCUT2D eigenvalue weighted by Gasteiger charge is -2.30. The molecule has 0 spiro atoms. The summed E-state index contributed by atoms with van der Waals surface area (Å²) in [5.41, 5.74) is 0. The summed E-state index contributed by atoms with van der Waals surface area (Å²) in [5.74, 6) is 2.38. The Balaban J connectivity index is 1.35. The van der Waals surface area contributed by atoms with Gasteiger partial charge in [-0.05, 0) is 43.9 Å². The number of benzene rings is 1. The predicted octanol–water partition coefficient (Wildman–Crippen LogP) is 3.59. The predicted molar refractivity (Wildman–Crippen MR) is 111 cm³/mol. The highest BCUT2D eigenvalue weighted by molar-refractivity contribution is 6.32. The molecule has 2 aromatic rings. The molecule has 1 saturated carbocycles. The summed E-state index contributed by atoms with van der Waals surface area (Å²) < 4.78 is 5.73. The molecule has 27 heavy (non-hydrogen) atoms. The highest BCUT2D eigenvalue weighted by Gasteiger charge is 2.21. The Kier molecular flexibility index (Phi) is 7.12. The van der Waals surface area contributed by atoms with Gasteiger partial charge in [-0.25, -0.2) is 4.98 Å². The number of anilines is 2. The summed E-state index contributed by atoms with van der Waals surface area (Å²) in [7, 11) is 3.97. The lowest BCUT2D eigenvalue weighted by atomic mass is 9.91. The Morgan fingerprint density at radius 1 is 1.11 bits per heavy atom. The van der Waals surface area contributed by atoms with Gasteiger partial charge in [0.25, 0.3) is 0 Å². The summed E-state index contributed by atoms with van der Waals surface area (Å²) in [6.07, 6.45) is 6.29. The van der Waals surface area contributed by atoms with Crippen LogP contribution in [0.3, 0.4) is 0 Å². The van der Waals surface area contributed by atoms with Gasteiger partial charge < -0.3 is 20.3 Å². The molecule has 0 bridgehead atoms. The summed E-state index contributed by atoms with van der Waals surface area (Å²) in [6, 6.07) is 10.5. The van der Waals surface area contributed by atoms with Crippen molar-refractivity contribution in [2.75, 3.05) is 37.5 Å². The maximum absolute atomic E-state index is 6.10. The molecule has 1 aromatic carbocycles. The van der Waals surface area contributed by atoms with E-state index >= 15 is 0 Å². The molecule has 2 N–H and O–H groups in total. The second kappa shape index (κ2) is 9.76. The Morgan fingerprint density at radius 3 is 2.59 bits per heavy atom. The van der Waals surface area contributed by atoms with Crippen molar-refractivity contribution in [1.29, 1.82) is 0 Å². The van der Waals surface area contributed by atoms with Gasteiger partial charge in [-0.3, -0.25) is 0 Å². The minimum atomic E-state index is 0.430. The monoisotopic (exact) mass is 389 g/mol. The molecule has 0 unspecified atom stereocenters. The third kappa shape index (κ3) is 5.97. The quantitative estimate of drug-likeness (QED) is 0.673. The lowest BCUT2D eigenvalue weighted by Crippen LogP contribution is -2.38. The molecule has 7 heteroatoms. The largest absolute Gasteiger partial charge is 0.491 e. The third-order valence-electron chi connectivity index (χ3n) is 4.79. The van der Waals surface area contributed by atoms with Crippen LogP contribution >= 0.6 is 11.6 Å². The summed E-state index contributed by atoms with van der Waals surface area (Å²) in [4.78, 5) is 10.9. The fraction of sp³-hybridized carbons (Fsp3) is 0.500. The van der Waals surface area contributed by atoms with Gasteiger partial charge in [0.15, 0.2) is 0 Å². The Hall–Kier alpha value is -2.05. The first-order valence-electron chi connectivity index (χ1n) is 9.49. The first kappa shape index (κ1) is 19.7. The van der Waals surface area contributed by atoms with Gasteiger partial charge in [-0.1, -0.05) is 23.7 Å². The molecule has 6 nitrogen and oxygen atoms in total. The Morgan fingerprint density at radius 2 is 1.85 bits per heavy atom. The van der Waals surface area contributed by atoms with Crippen molar-refractivity contribution < 1.29 is 4.74 Å². The normalized spacial score (nSPS) is 19.5. The lowest BCUT2D eigenvalue weighted by molar-refractivity contribution is 0.285. The number of hydrogen-bond acceptors (Lipinski definition) is 6. The van der Waals surface area contributed by atoms with E-state index in [1.54, 1.807) is 6.20 Å². The zero-order valence-corrected chi connectivity index (χ0v) is 16.7. The molecule has 0 amide bonds. The average molecular weight is 390 g/mol. The summed E-state index contributed by atoms with van der Waals surface area (Å²) >= 11 is 6.10. The van der Waals surface area contributed by atoms with Crippen LogP contribution in [0.4, 0.5) is 11.8 Å². The topological polar surface area (TPSA) is 62.3 Å². The minimum absolute atomic E-state index is 0.430. The number of nitrogens with zero attached hydrogens (tertiary/aromatic N) is 3. The molecule has 0 saturated heterocycles. The second-order valence-corrected chi connectivity index (χ2v) is 7.47. The molecule has 1 aliphatic carbocycles. The fourth-order valence-electron chi connectivity index (χ4n) is 3.28. The molecule has 0 atom stereocenters. The van der Waals surface area contributed by atoms with Gasteiger partial charge in [-0.2, -0.15) is 4.98 Å². The van der Waals surface area contributed by atoms with Gasteiger partial charge in [0.2, 0.25) is 5.95 Å². The Labute approximate surface area is 166 Å². The number of hydrogen-bond donors (Lipinski definition) is 2.